The number of aliphatic hydroxyl groups excluding tert-OH is 1. The van der Waals surface area contributed by atoms with Gasteiger partial charge in [0.2, 0.25) is 0 Å². The number of unbranched alkanes of at least 4 members (excludes halogenated alkanes) is 7. The van der Waals surface area contributed by atoms with Gasteiger partial charge in [-0.2, -0.15) is 11.8 Å². The Labute approximate surface area is 168 Å². The molecule has 2 aliphatic carbocycles. The van der Waals surface area contributed by atoms with Crippen molar-refractivity contribution in [2.24, 2.45) is 11.8 Å². The third-order valence-corrected chi connectivity index (χ3v) is 11.1. The standard InChI is InChI=1S/C23H42OSSi/c1-26(2,23-20-21-13-14-22(23)19-21)18-11-9-7-5-3-4-6-8-10-16-25-17-12-15-24/h21-24H,3-10,12-17,19-20H2,1-2H3. The number of thioether (sulfide) groups is 1. The topological polar surface area (TPSA) is 20.2 Å². The second kappa shape index (κ2) is 12.5. The van der Waals surface area contributed by atoms with Gasteiger partial charge in [0.15, 0.2) is 0 Å². The zero-order valence-corrected chi connectivity index (χ0v) is 19.2. The zero-order valence-electron chi connectivity index (χ0n) is 17.4. The summed E-state index contributed by atoms with van der Waals surface area (Å²) in [5.74, 6) is 8.10. The van der Waals surface area contributed by atoms with Crippen LogP contribution in [-0.4, -0.2) is 31.3 Å². The average molecular weight is 395 g/mol. The first-order valence-electron chi connectivity index (χ1n) is 11.3. The van der Waals surface area contributed by atoms with Gasteiger partial charge in [-0.15, -0.1) is 11.5 Å². The number of aliphatic hydroxyl groups is 1. The van der Waals surface area contributed by atoms with Crippen LogP contribution in [0.25, 0.3) is 0 Å². The maximum atomic E-state index is 8.74. The molecule has 1 N–H and O–H groups in total. The van der Waals surface area contributed by atoms with Gasteiger partial charge in [0.05, 0.1) is 0 Å². The monoisotopic (exact) mass is 394 g/mol. The lowest BCUT2D eigenvalue weighted by atomic mass is 10.0. The van der Waals surface area contributed by atoms with Crippen LogP contribution in [0.2, 0.25) is 18.6 Å². The van der Waals surface area contributed by atoms with Crippen LogP contribution in [0, 0.1) is 23.3 Å². The van der Waals surface area contributed by atoms with E-state index >= 15 is 0 Å². The van der Waals surface area contributed by atoms with Gasteiger partial charge in [-0.05, 0) is 61.0 Å². The van der Waals surface area contributed by atoms with Gasteiger partial charge < -0.3 is 5.11 Å². The Bertz CT molecular complexity index is 439. The van der Waals surface area contributed by atoms with E-state index in [0.717, 1.165) is 36.0 Å². The van der Waals surface area contributed by atoms with E-state index in [0.29, 0.717) is 6.61 Å². The van der Waals surface area contributed by atoms with Gasteiger partial charge in [-0.1, -0.05) is 58.0 Å². The van der Waals surface area contributed by atoms with E-state index in [4.69, 9.17) is 5.11 Å². The van der Waals surface area contributed by atoms with Crippen LogP contribution < -0.4 is 0 Å². The first-order chi connectivity index (χ1) is 12.6. The van der Waals surface area contributed by atoms with E-state index in [1.807, 2.05) is 11.8 Å². The van der Waals surface area contributed by atoms with Crippen molar-refractivity contribution in [3.63, 3.8) is 0 Å². The molecule has 3 atom stereocenters. The van der Waals surface area contributed by atoms with Gasteiger partial charge in [-0.25, -0.2) is 0 Å². The first kappa shape index (κ1) is 22.4. The lowest BCUT2D eigenvalue weighted by Crippen LogP contribution is -2.34. The Kier molecular flexibility index (Phi) is 10.8. The van der Waals surface area contributed by atoms with Crippen molar-refractivity contribution in [3.05, 3.63) is 0 Å². The fourth-order valence-corrected chi connectivity index (χ4v) is 9.20. The molecule has 26 heavy (non-hydrogen) atoms. The summed E-state index contributed by atoms with van der Waals surface area (Å²) in [6.45, 7) is 5.42. The molecular weight excluding hydrogens is 352 g/mol. The number of hydrogen-bond donors (Lipinski definition) is 1. The molecule has 0 aromatic carbocycles. The number of rotatable bonds is 13. The minimum absolute atomic E-state index is 0.346. The largest absolute Gasteiger partial charge is 0.396 e. The summed E-state index contributed by atoms with van der Waals surface area (Å²) >= 11 is 2.00. The van der Waals surface area contributed by atoms with E-state index in [9.17, 15) is 0 Å². The fourth-order valence-electron chi connectivity index (χ4n) is 5.08. The Balaban J connectivity index is 1.42. The smallest absolute Gasteiger partial charge is 0.135 e. The van der Waals surface area contributed by atoms with Crippen molar-refractivity contribution in [1.29, 1.82) is 0 Å². The van der Waals surface area contributed by atoms with E-state index in [2.05, 4.69) is 24.6 Å². The molecule has 0 saturated heterocycles. The highest BCUT2D eigenvalue weighted by molar-refractivity contribution is 7.99. The van der Waals surface area contributed by atoms with Gasteiger partial charge in [0.1, 0.15) is 8.07 Å². The van der Waals surface area contributed by atoms with E-state index in [-0.39, 0.29) is 0 Å². The van der Waals surface area contributed by atoms with Gasteiger partial charge in [0, 0.05) is 13.0 Å². The predicted molar refractivity (Wildman–Crippen MR) is 120 cm³/mol. The molecule has 0 aromatic heterocycles. The number of hydrogen-bond acceptors (Lipinski definition) is 2. The molecular formula is C23H42OSSi. The van der Waals surface area contributed by atoms with Gasteiger partial charge >= 0.3 is 0 Å². The molecule has 0 aromatic rings. The Morgan fingerprint density at radius 2 is 1.58 bits per heavy atom. The van der Waals surface area contributed by atoms with Crippen LogP contribution >= 0.6 is 11.8 Å². The second-order valence-electron chi connectivity index (χ2n) is 9.22. The van der Waals surface area contributed by atoms with Crippen LogP contribution in [0.1, 0.15) is 83.5 Å². The molecule has 2 aliphatic rings. The molecule has 0 spiro atoms. The van der Waals surface area contributed by atoms with E-state index in [1.165, 1.54) is 76.4 Å². The molecule has 150 valence electrons. The summed E-state index contributed by atoms with van der Waals surface area (Å²) in [6.07, 6.45) is 17.8. The minimum atomic E-state index is -1.30. The summed E-state index contributed by atoms with van der Waals surface area (Å²) in [5.41, 5.74) is 4.81. The Morgan fingerprint density at radius 3 is 2.23 bits per heavy atom. The van der Waals surface area contributed by atoms with Gasteiger partial charge in [-0.3, -0.25) is 0 Å². The van der Waals surface area contributed by atoms with Gasteiger partial charge in [0.25, 0.3) is 0 Å². The maximum absolute atomic E-state index is 8.74. The SMILES string of the molecule is C[Si](C)(C#CCCCCCCCCCSCCCO)C1CC2CCC1C2. The van der Waals surface area contributed by atoms with Crippen molar-refractivity contribution >= 4 is 19.8 Å². The van der Waals surface area contributed by atoms with Crippen LogP contribution in [0.15, 0.2) is 0 Å². The Morgan fingerprint density at radius 1 is 0.885 bits per heavy atom. The van der Waals surface area contributed by atoms with Crippen LogP contribution in [0.3, 0.4) is 0 Å². The predicted octanol–water partition coefficient (Wildman–Crippen LogP) is 6.66. The maximum Gasteiger partial charge on any atom is 0.135 e. The Hall–Kier alpha value is 0.0869. The molecule has 0 amide bonds. The lowest BCUT2D eigenvalue weighted by Gasteiger charge is -2.31. The summed E-state index contributed by atoms with van der Waals surface area (Å²) in [7, 11) is -1.30. The van der Waals surface area contributed by atoms with Crippen molar-refractivity contribution in [2.45, 2.75) is 102 Å². The van der Waals surface area contributed by atoms with Crippen molar-refractivity contribution in [2.75, 3.05) is 18.1 Å². The molecule has 3 heteroatoms. The van der Waals surface area contributed by atoms with Crippen molar-refractivity contribution in [1.82, 2.24) is 0 Å². The molecule has 1 nitrogen and oxygen atoms in total. The molecule has 3 unspecified atom stereocenters. The molecule has 2 fully saturated rings. The normalized spacial score (nSPS) is 24.7. The summed E-state index contributed by atoms with van der Waals surface area (Å²) in [4.78, 5) is 0. The molecule has 0 aliphatic heterocycles. The molecule has 0 radical (unpaired) electrons. The average Bonchev–Trinajstić information content (AvgIpc) is 3.26. The summed E-state index contributed by atoms with van der Waals surface area (Å²) in [5, 5.41) is 8.74. The summed E-state index contributed by atoms with van der Waals surface area (Å²) < 4.78 is 0. The quantitative estimate of drug-likeness (QED) is 0.214. The van der Waals surface area contributed by atoms with E-state index < -0.39 is 8.07 Å². The minimum Gasteiger partial charge on any atom is -0.396 e. The molecule has 2 saturated carbocycles. The molecule has 2 bridgehead atoms. The first-order valence-corrected chi connectivity index (χ1v) is 15.6. The van der Waals surface area contributed by atoms with Crippen molar-refractivity contribution in [3.8, 4) is 11.5 Å². The van der Waals surface area contributed by atoms with Crippen LogP contribution in [-0.2, 0) is 0 Å². The van der Waals surface area contributed by atoms with Crippen LogP contribution in [0.4, 0.5) is 0 Å². The van der Waals surface area contributed by atoms with E-state index in [1.54, 1.807) is 0 Å². The lowest BCUT2D eigenvalue weighted by molar-refractivity contribution is 0.296. The van der Waals surface area contributed by atoms with Crippen LogP contribution in [0.5, 0.6) is 0 Å². The highest BCUT2D eigenvalue weighted by atomic mass is 32.2. The third-order valence-electron chi connectivity index (χ3n) is 6.61. The summed E-state index contributed by atoms with van der Waals surface area (Å²) in [6, 6.07) is 0. The highest BCUT2D eigenvalue weighted by Crippen LogP contribution is 2.55. The molecule has 2 rings (SSSR count). The van der Waals surface area contributed by atoms with Crippen molar-refractivity contribution < 1.29 is 5.11 Å². The number of fused-ring (bicyclic) bond motifs is 2. The third kappa shape index (κ3) is 7.99. The molecule has 0 heterocycles. The highest BCUT2D eigenvalue weighted by Gasteiger charge is 2.46. The fraction of sp³-hybridized carbons (Fsp3) is 0.913. The zero-order chi connectivity index (χ0) is 18.7. The second-order valence-corrected chi connectivity index (χ2v) is 14.9.